The monoisotopic (exact) mass is 532 g/mol. The summed E-state index contributed by atoms with van der Waals surface area (Å²) in [6.45, 7) is 5.85. The Morgan fingerprint density at radius 1 is 1.13 bits per heavy atom. The molecule has 0 spiro atoms. The Hall–Kier alpha value is -4.55. The molecule has 0 radical (unpaired) electrons. The van der Waals surface area contributed by atoms with Gasteiger partial charge in [-0.15, -0.1) is 0 Å². The SMILES string of the molecule is Cc1cc(Nc2cc(C3CC3)[nH]n2)nc(N2CCN(C(=O)O[C@@H](C)c3ccc(-n4cc(F)cn4)nc3)CC2)n1. The highest BCUT2D eigenvalue weighted by molar-refractivity contribution is 5.68. The highest BCUT2D eigenvalue weighted by atomic mass is 19.1. The number of H-pyrrole nitrogens is 1. The number of aromatic amines is 1. The van der Waals surface area contributed by atoms with Crippen molar-refractivity contribution in [3.8, 4) is 5.82 Å². The molecule has 1 aliphatic heterocycles. The fourth-order valence-electron chi connectivity index (χ4n) is 4.48. The van der Waals surface area contributed by atoms with Crippen LogP contribution in [0.15, 0.2) is 42.9 Å². The number of hydrogen-bond donors (Lipinski definition) is 2. The van der Waals surface area contributed by atoms with Crippen LogP contribution in [0.5, 0.6) is 0 Å². The molecule has 13 heteroatoms. The minimum Gasteiger partial charge on any atom is -0.441 e. The van der Waals surface area contributed by atoms with Crippen molar-refractivity contribution in [3.05, 3.63) is 65.6 Å². The molecule has 1 aliphatic carbocycles. The summed E-state index contributed by atoms with van der Waals surface area (Å²) in [5.41, 5.74) is 2.72. The van der Waals surface area contributed by atoms with Gasteiger partial charge in [-0.25, -0.2) is 23.8 Å². The number of nitrogens with zero attached hydrogens (tertiary/aromatic N) is 8. The van der Waals surface area contributed by atoms with Gasteiger partial charge in [0, 0.05) is 67.4 Å². The summed E-state index contributed by atoms with van der Waals surface area (Å²) in [5.74, 6) is 2.66. The van der Waals surface area contributed by atoms with Crippen molar-refractivity contribution >= 4 is 23.7 Å². The zero-order chi connectivity index (χ0) is 26.9. The van der Waals surface area contributed by atoms with Gasteiger partial charge in [0.25, 0.3) is 0 Å². The number of nitrogens with one attached hydrogen (secondary N) is 2. The van der Waals surface area contributed by atoms with E-state index in [-0.39, 0.29) is 0 Å². The van der Waals surface area contributed by atoms with Crippen molar-refractivity contribution in [2.75, 3.05) is 36.4 Å². The molecule has 39 heavy (non-hydrogen) atoms. The van der Waals surface area contributed by atoms with Crippen molar-refractivity contribution in [1.29, 1.82) is 0 Å². The van der Waals surface area contributed by atoms with Crippen molar-refractivity contribution in [1.82, 2.24) is 39.8 Å². The van der Waals surface area contributed by atoms with Crippen LogP contribution in [0, 0.1) is 12.7 Å². The molecule has 1 saturated carbocycles. The zero-order valence-corrected chi connectivity index (χ0v) is 21.7. The first-order chi connectivity index (χ1) is 18.9. The molecule has 4 aromatic rings. The van der Waals surface area contributed by atoms with E-state index in [1.165, 1.54) is 23.7 Å². The van der Waals surface area contributed by atoms with E-state index in [0.29, 0.717) is 49.7 Å². The summed E-state index contributed by atoms with van der Waals surface area (Å²) in [4.78, 5) is 30.2. The Kier molecular flexibility index (Phi) is 6.55. The minimum atomic E-state index is -0.498. The Balaban J connectivity index is 1.03. The molecule has 2 aliphatic rings. The van der Waals surface area contributed by atoms with Gasteiger partial charge in [-0.3, -0.25) is 5.10 Å². The summed E-state index contributed by atoms with van der Waals surface area (Å²) in [5, 5.41) is 14.6. The second kappa shape index (κ2) is 10.3. The van der Waals surface area contributed by atoms with Crippen LogP contribution in [0.3, 0.4) is 0 Å². The summed E-state index contributed by atoms with van der Waals surface area (Å²) >= 11 is 0. The molecule has 0 unspecified atom stereocenters. The third-order valence-corrected chi connectivity index (χ3v) is 6.84. The van der Waals surface area contributed by atoms with Gasteiger partial charge in [0.15, 0.2) is 17.5 Å². The smallest absolute Gasteiger partial charge is 0.410 e. The minimum absolute atomic E-state index is 0.391. The van der Waals surface area contributed by atoms with Gasteiger partial charge in [0.2, 0.25) is 5.95 Å². The van der Waals surface area contributed by atoms with Gasteiger partial charge < -0.3 is 19.9 Å². The van der Waals surface area contributed by atoms with Crippen LogP contribution >= 0.6 is 0 Å². The first kappa shape index (κ1) is 24.8. The van der Waals surface area contributed by atoms with Crippen LogP contribution in [-0.2, 0) is 4.74 Å². The van der Waals surface area contributed by atoms with E-state index >= 15 is 0 Å². The number of aromatic nitrogens is 7. The molecule has 4 aromatic heterocycles. The van der Waals surface area contributed by atoms with Crippen molar-refractivity contribution in [3.63, 3.8) is 0 Å². The van der Waals surface area contributed by atoms with Gasteiger partial charge in [-0.1, -0.05) is 6.07 Å². The standard InChI is InChI=1S/C26H29FN10O2/c1-16-11-22(31-23-12-21(33-34-23)18-3-4-18)32-25(30-16)35-7-9-36(10-8-35)26(38)39-17(2)19-5-6-24(28-13-19)37-15-20(27)14-29-37/h5-6,11-15,17-18H,3-4,7-10H2,1-2H3,(H2,30,31,32,33,34)/t17-/m0/s1. The lowest BCUT2D eigenvalue weighted by Crippen LogP contribution is -2.49. The normalized spacial score (nSPS) is 16.3. The van der Waals surface area contributed by atoms with Crippen molar-refractivity contribution in [2.24, 2.45) is 0 Å². The molecule has 5 heterocycles. The number of aryl methyl sites for hydroxylation is 1. The average molecular weight is 533 g/mol. The van der Waals surface area contributed by atoms with Gasteiger partial charge in [-0.2, -0.15) is 15.2 Å². The molecule has 0 aromatic carbocycles. The first-order valence-electron chi connectivity index (χ1n) is 13.0. The fourth-order valence-corrected chi connectivity index (χ4v) is 4.48. The second-order valence-electron chi connectivity index (χ2n) is 9.86. The largest absolute Gasteiger partial charge is 0.441 e. The third-order valence-electron chi connectivity index (χ3n) is 6.84. The molecule has 1 saturated heterocycles. The highest BCUT2D eigenvalue weighted by Gasteiger charge is 2.27. The maximum atomic E-state index is 13.2. The van der Waals surface area contributed by atoms with E-state index in [1.807, 2.05) is 19.1 Å². The van der Waals surface area contributed by atoms with Crippen LogP contribution < -0.4 is 10.2 Å². The Morgan fingerprint density at radius 2 is 1.95 bits per heavy atom. The fraction of sp³-hybridized carbons (Fsp3) is 0.385. The molecule has 202 valence electrons. The summed E-state index contributed by atoms with van der Waals surface area (Å²) < 4.78 is 20.2. The average Bonchev–Trinajstić information content (AvgIpc) is 3.53. The molecule has 1 amide bonds. The number of piperazine rings is 1. The number of rotatable bonds is 7. The Bertz CT molecular complexity index is 1460. The zero-order valence-electron chi connectivity index (χ0n) is 21.7. The Morgan fingerprint density at radius 3 is 2.64 bits per heavy atom. The summed E-state index contributed by atoms with van der Waals surface area (Å²) in [7, 11) is 0. The molecular weight excluding hydrogens is 503 g/mol. The van der Waals surface area contributed by atoms with Crippen molar-refractivity contribution in [2.45, 2.75) is 38.7 Å². The van der Waals surface area contributed by atoms with Crippen LogP contribution in [0.25, 0.3) is 5.82 Å². The summed E-state index contributed by atoms with van der Waals surface area (Å²) in [6.07, 6.45) is 5.48. The second-order valence-corrected chi connectivity index (χ2v) is 9.86. The van der Waals surface area contributed by atoms with Gasteiger partial charge in [0.1, 0.15) is 11.9 Å². The number of hydrogen-bond acceptors (Lipinski definition) is 9. The number of pyridine rings is 1. The highest BCUT2D eigenvalue weighted by Crippen LogP contribution is 2.39. The van der Waals surface area contributed by atoms with Crippen LogP contribution in [-0.4, -0.2) is 72.1 Å². The topological polar surface area (TPSA) is 130 Å². The van der Waals surface area contributed by atoms with Gasteiger partial charge in [0.05, 0.1) is 12.4 Å². The number of amides is 1. The van der Waals surface area contributed by atoms with Crippen LogP contribution in [0.1, 0.15) is 48.7 Å². The van der Waals surface area contributed by atoms with E-state index in [1.54, 1.807) is 30.2 Å². The van der Waals surface area contributed by atoms with E-state index < -0.39 is 18.0 Å². The Labute approximate surface area is 224 Å². The maximum absolute atomic E-state index is 13.2. The van der Waals surface area contributed by atoms with Crippen molar-refractivity contribution < 1.29 is 13.9 Å². The molecule has 12 nitrogen and oxygen atoms in total. The molecular formula is C26H29FN10O2. The lowest BCUT2D eigenvalue weighted by Gasteiger charge is -2.34. The number of anilines is 3. The number of ether oxygens (including phenoxy) is 1. The molecule has 2 fully saturated rings. The van der Waals surface area contributed by atoms with Crippen LogP contribution in [0.2, 0.25) is 0 Å². The quantitative estimate of drug-likeness (QED) is 0.364. The van der Waals surface area contributed by atoms with Gasteiger partial charge >= 0.3 is 6.09 Å². The predicted octanol–water partition coefficient (Wildman–Crippen LogP) is 3.87. The first-order valence-corrected chi connectivity index (χ1v) is 13.0. The van der Waals surface area contributed by atoms with Crippen LogP contribution in [0.4, 0.5) is 26.8 Å². The summed E-state index contributed by atoms with van der Waals surface area (Å²) in [6, 6.07) is 7.41. The predicted molar refractivity (Wildman–Crippen MR) is 141 cm³/mol. The lowest BCUT2D eigenvalue weighted by atomic mass is 10.2. The molecule has 2 N–H and O–H groups in total. The maximum Gasteiger partial charge on any atom is 0.410 e. The van der Waals surface area contributed by atoms with E-state index in [4.69, 9.17) is 9.72 Å². The number of halogens is 1. The van der Waals surface area contributed by atoms with Gasteiger partial charge in [-0.05, 0) is 32.8 Å². The lowest BCUT2D eigenvalue weighted by molar-refractivity contribution is 0.0678. The van der Waals surface area contributed by atoms with E-state index in [2.05, 4.69) is 35.5 Å². The number of carbonyl (C=O) groups excluding carboxylic acids is 1. The molecule has 1 atom stereocenters. The van der Waals surface area contributed by atoms with E-state index in [9.17, 15) is 9.18 Å². The molecule has 6 rings (SSSR count). The third kappa shape index (κ3) is 5.66. The number of carbonyl (C=O) groups is 1. The van der Waals surface area contributed by atoms with E-state index in [0.717, 1.165) is 29.0 Å². The molecule has 0 bridgehead atoms.